The van der Waals surface area contributed by atoms with Crippen molar-refractivity contribution < 1.29 is 23.8 Å². The second-order valence-electron chi connectivity index (χ2n) is 6.46. The summed E-state index contributed by atoms with van der Waals surface area (Å²) in [5.74, 6) is 0.138. The summed E-state index contributed by atoms with van der Waals surface area (Å²) in [6.45, 7) is -0.248. The number of rotatable bonds is 8. The summed E-state index contributed by atoms with van der Waals surface area (Å²) in [4.78, 5) is 24.5. The number of methoxy groups -OCH3 is 3. The molecule has 0 spiro atoms. The topological polar surface area (TPSA) is 98.2 Å². The van der Waals surface area contributed by atoms with Gasteiger partial charge in [0.2, 0.25) is 5.75 Å². The smallest absolute Gasteiger partial charge is 0.259 e. The van der Waals surface area contributed by atoms with E-state index in [1.165, 1.54) is 33.5 Å². The number of carbonyl (C=O) groups excluding carboxylic acids is 2. The zero-order valence-electron chi connectivity index (χ0n) is 17.5. The molecule has 3 rings (SSSR count). The fourth-order valence-electron chi connectivity index (χ4n) is 3.05. The molecule has 0 saturated carbocycles. The number of nitrogens with one attached hydrogen (secondary N) is 2. The molecule has 0 saturated heterocycles. The molecule has 160 valence electrons. The molecule has 0 aliphatic carbocycles. The van der Waals surface area contributed by atoms with Gasteiger partial charge in [0.05, 0.1) is 34.1 Å². The standard InChI is InChI=1S/C23H23N3O5/c1-29-19-11-17(12-20(30-2)22(19)31-3)23(28)24-14-21(27)26-25-13-16-9-6-8-15-7-4-5-10-18(15)16/h4-13H,14H2,1-3H3,(H,24,28)(H,26,27)/b25-13-. The summed E-state index contributed by atoms with van der Waals surface area (Å²) in [6.07, 6.45) is 1.57. The molecule has 0 aliphatic rings. The summed E-state index contributed by atoms with van der Waals surface area (Å²) in [5, 5.41) is 8.63. The van der Waals surface area contributed by atoms with E-state index in [0.717, 1.165) is 16.3 Å². The van der Waals surface area contributed by atoms with Crippen LogP contribution in [0, 0.1) is 0 Å². The predicted octanol–water partition coefficient (Wildman–Crippen LogP) is 2.75. The highest BCUT2D eigenvalue weighted by Crippen LogP contribution is 2.38. The van der Waals surface area contributed by atoms with Gasteiger partial charge < -0.3 is 19.5 Å². The van der Waals surface area contributed by atoms with E-state index in [-0.39, 0.29) is 12.1 Å². The first-order chi connectivity index (χ1) is 15.1. The number of benzene rings is 3. The first kappa shape index (κ1) is 21.6. The van der Waals surface area contributed by atoms with Crippen LogP contribution in [0.5, 0.6) is 17.2 Å². The van der Waals surface area contributed by atoms with Crippen LogP contribution in [0.15, 0.2) is 59.7 Å². The lowest BCUT2D eigenvalue weighted by molar-refractivity contribution is -0.120. The van der Waals surface area contributed by atoms with Crippen LogP contribution in [0.25, 0.3) is 10.8 Å². The molecule has 2 amide bonds. The lowest BCUT2D eigenvalue weighted by atomic mass is 10.1. The molecule has 0 bridgehead atoms. The van der Waals surface area contributed by atoms with Crippen molar-refractivity contribution in [3.63, 3.8) is 0 Å². The summed E-state index contributed by atoms with van der Waals surface area (Å²) >= 11 is 0. The zero-order chi connectivity index (χ0) is 22.2. The van der Waals surface area contributed by atoms with E-state index < -0.39 is 11.8 Å². The molecule has 31 heavy (non-hydrogen) atoms. The Hall–Kier alpha value is -4.07. The highest BCUT2D eigenvalue weighted by Gasteiger charge is 2.17. The van der Waals surface area contributed by atoms with Crippen molar-refractivity contribution >= 4 is 28.8 Å². The second-order valence-corrected chi connectivity index (χ2v) is 6.46. The van der Waals surface area contributed by atoms with Gasteiger partial charge in [0.15, 0.2) is 11.5 Å². The van der Waals surface area contributed by atoms with Gasteiger partial charge in [-0.15, -0.1) is 0 Å². The lowest BCUT2D eigenvalue weighted by Crippen LogP contribution is -2.34. The minimum absolute atomic E-state index is 0.248. The number of fused-ring (bicyclic) bond motifs is 1. The van der Waals surface area contributed by atoms with Crippen molar-refractivity contribution in [2.24, 2.45) is 5.10 Å². The number of hydrazone groups is 1. The van der Waals surface area contributed by atoms with Gasteiger partial charge in [-0.3, -0.25) is 9.59 Å². The number of ether oxygens (including phenoxy) is 3. The fraction of sp³-hybridized carbons (Fsp3) is 0.174. The molecular formula is C23H23N3O5. The van der Waals surface area contributed by atoms with Gasteiger partial charge >= 0.3 is 0 Å². The number of hydrogen-bond acceptors (Lipinski definition) is 6. The average molecular weight is 421 g/mol. The molecule has 2 N–H and O–H groups in total. The largest absolute Gasteiger partial charge is 0.493 e. The van der Waals surface area contributed by atoms with Gasteiger partial charge in [-0.1, -0.05) is 42.5 Å². The van der Waals surface area contributed by atoms with Crippen molar-refractivity contribution in [3.8, 4) is 17.2 Å². The number of carbonyl (C=O) groups is 2. The molecule has 8 nitrogen and oxygen atoms in total. The van der Waals surface area contributed by atoms with E-state index in [9.17, 15) is 9.59 Å². The number of hydrogen-bond donors (Lipinski definition) is 2. The van der Waals surface area contributed by atoms with Crippen molar-refractivity contribution in [1.82, 2.24) is 10.7 Å². The number of amides is 2. The Morgan fingerprint density at radius 1 is 0.935 bits per heavy atom. The molecule has 0 heterocycles. The highest BCUT2D eigenvalue weighted by atomic mass is 16.5. The van der Waals surface area contributed by atoms with Crippen LogP contribution in [-0.4, -0.2) is 45.9 Å². The Morgan fingerprint density at radius 3 is 2.29 bits per heavy atom. The molecule has 0 radical (unpaired) electrons. The second kappa shape index (κ2) is 10.1. The molecule has 0 aromatic heterocycles. The van der Waals surface area contributed by atoms with Crippen LogP contribution in [0.3, 0.4) is 0 Å². The molecule has 3 aromatic carbocycles. The quantitative estimate of drug-likeness (QED) is 0.431. The molecular weight excluding hydrogens is 398 g/mol. The van der Waals surface area contributed by atoms with Gasteiger partial charge in [-0.25, -0.2) is 5.43 Å². The van der Waals surface area contributed by atoms with Crippen LogP contribution >= 0.6 is 0 Å². The van der Waals surface area contributed by atoms with Crippen molar-refractivity contribution in [2.45, 2.75) is 0 Å². The Kier molecular flexibility index (Phi) is 7.05. The van der Waals surface area contributed by atoms with Gasteiger partial charge in [0.1, 0.15) is 0 Å². The van der Waals surface area contributed by atoms with E-state index in [1.807, 2.05) is 42.5 Å². The Balaban J connectivity index is 1.60. The first-order valence-corrected chi connectivity index (χ1v) is 9.45. The maximum atomic E-state index is 12.4. The van der Waals surface area contributed by atoms with E-state index >= 15 is 0 Å². The Morgan fingerprint density at radius 2 is 1.61 bits per heavy atom. The Bertz CT molecular complexity index is 1100. The minimum atomic E-state index is -0.465. The molecule has 8 heteroatoms. The third-order valence-electron chi connectivity index (χ3n) is 4.55. The monoisotopic (exact) mass is 421 g/mol. The van der Waals surface area contributed by atoms with Crippen molar-refractivity contribution in [2.75, 3.05) is 27.9 Å². The van der Waals surface area contributed by atoms with Gasteiger partial charge in [-0.2, -0.15) is 5.10 Å². The molecule has 0 atom stereocenters. The predicted molar refractivity (Wildman–Crippen MR) is 118 cm³/mol. The van der Waals surface area contributed by atoms with Crippen LogP contribution in [-0.2, 0) is 4.79 Å². The molecule has 0 unspecified atom stereocenters. The van der Waals surface area contributed by atoms with Crippen LogP contribution in [0.4, 0.5) is 0 Å². The first-order valence-electron chi connectivity index (χ1n) is 9.45. The third-order valence-corrected chi connectivity index (χ3v) is 4.55. The zero-order valence-corrected chi connectivity index (χ0v) is 17.5. The van der Waals surface area contributed by atoms with E-state index in [1.54, 1.807) is 6.21 Å². The van der Waals surface area contributed by atoms with E-state index in [2.05, 4.69) is 15.8 Å². The van der Waals surface area contributed by atoms with Gasteiger partial charge in [-0.05, 0) is 22.9 Å². The van der Waals surface area contributed by atoms with Crippen LogP contribution in [0.2, 0.25) is 0 Å². The fourth-order valence-corrected chi connectivity index (χ4v) is 3.05. The average Bonchev–Trinajstić information content (AvgIpc) is 2.81. The molecule has 3 aromatic rings. The van der Waals surface area contributed by atoms with Gasteiger partial charge in [0.25, 0.3) is 11.8 Å². The summed E-state index contributed by atoms with van der Waals surface area (Å²) < 4.78 is 15.7. The highest BCUT2D eigenvalue weighted by molar-refractivity contribution is 6.00. The Labute approximate surface area is 179 Å². The maximum Gasteiger partial charge on any atom is 0.259 e. The summed E-state index contributed by atoms with van der Waals surface area (Å²) in [6, 6.07) is 16.7. The number of nitrogens with zero attached hydrogens (tertiary/aromatic N) is 1. The van der Waals surface area contributed by atoms with Crippen LogP contribution in [0.1, 0.15) is 15.9 Å². The summed E-state index contributed by atoms with van der Waals surface area (Å²) in [5.41, 5.74) is 3.55. The SMILES string of the molecule is COc1cc(C(=O)NCC(=O)N/N=C\c2cccc3ccccc23)cc(OC)c1OC. The normalized spacial score (nSPS) is 10.7. The van der Waals surface area contributed by atoms with E-state index in [4.69, 9.17) is 14.2 Å². The van der Waals surface area contributed by atoms with Crippen LogP contribution < -0.4 is 25.0 Å². The third kappa shape index (κ3) is 5.11. The molecule has 0 fully saturated rings. The maximum absolute atomic E-state index is 12.4. The van der Waals surface area contributed by atoms with Gasteiger partial charge in [0, 0.05) is 11.1 Å². The minimum Gasteiger partial charge on any atom is -0.493 e. The molecule has 0 aliphatic heterocycles. The van der Waals surface area contributed by atoms with Crippen molar-refractivity contribution in [1.29, 1.82) is 0 Å². The lowest BCUT2D eigenvalue weighted by Gasteiger charge is -2.14. The van der Waals surface area contributed by atoms with Crippen molar-refractivity contribution in [3.05, 3.63) is 65.7 Å². The van der Waals surface area contributed by atoms with E-state index in [0.29, 0.717) is 17.2 Å². The summed E-state index contributed by atoms with van der Waals surface area (Å²) in [7, 11) is 4.39.